The van der Waals surface area contributed by atoms with Crippen LogP contribution in [0, 0.1) is 0 Å². The summed E-state index contributed by atoms with van der Waals surface area (Å²) in [6.45, 7) is 2.05. The normalized spacial score (nSPS) is 11.4. The fraction of sp³-hybridized carbons (Fsp3) is 0.333. The highest BCUT2D eigenvalue weighted by atomic mass is 79.9. The van der Waals surface area contributed by atoms with E-state index in [2.05, 4.69) is 20.7 Å². The van der Waals surface area contributed by atoms with Crippen molar-refractivity contribution in [3.05, 3.63) is 22.7 Å². The van der Waals surface area contributed by atoms with Gasteiger partial charge in [0.15, 0.2) is 0 Å². The zero-order valence-electron chi connectivity index (χ0n) is 9.07. The van der Waals surface area contributed by atoms with Gasteiger partial charge in [0.05, 0.1) is 11.4 Å². The highest BCUT2D eigenvalue weighted by Crippen LogP contribution is 2.27. The van der Waals surface area contributed by atoms with Crippen molar-refractivity contribution in [1.29, 1.82) is 0 Å². The summed E-state index contributed by atoms with van der Waals surface area (Å²) in [5, 5.41) is 0. The third kappa shape index (κ3) is 2.87. The van der Waals surface area contributed by atoms with Crippen molar-refractivity contribution in [3.8, 4) is 0 Å². The first kappa shape index (κ1) is 13.3. The molecule has 0 unspecified atom stereocenters. The van der Waals surface area contributed by atoms with Crippen molar-refractivity contribution in [2.75, 3.05) is 23.6 Å². The van der Waals surface area contributed by atoms with E-state index in [1.807, 2.05) is 0 Å². The van der Waals surface area contributed by atoms with E-state index in [1.165, 1.54) is 7.05 Å². The average molecular weight is 308 g/mol. The van der Waals surface area contributed by atoms with Crippen LogP contribution in [0.15, 0.2) is 22.7 Å². The first-order chi connectivity index (χ1) is 7.38. The van der Waals surface area contributed by atoms with E-state index in [-0.39, 0.29) is 0 Å². The highest BCUT2D eigenvalue weighted by Gasteiger charge is 2.18. The van der Waals surface area contributed by atoms with Crippen LogP contribution in [0.5, 0.6) is 0 Å². The van der Waals surface area contributed by atoms with Crippen LogP contribution in [0.4, 0.5) is 11.4 Å². The Morgan fingerprint density at radius 3 is 2.62 bits per heavy atom. The zero-order valence-corrected chi connectivity index (χ0v) is 11.5. The number of anilines is 2. The van der Waals surface area contributed by atoms with Gasteiger partial charge < -0.3 is 5.73 Å². The summed E-state index contributed by atoms with van der Waals surface area (Å²) in [4.78, 5) is 0. The minimum atomic E-state index is -3.51. The average Bonchev–Trinajstić information content (AvgIpc) is 2.16. The lowest BCUT2D eigenvalue weighted by atomic mass is 10.3. The number of rotatable bonds is 4. The Morgan fingerprint density at radius 2 is 2.12 bits per heavy atom. The van der Waals surface area contributed by atoms with Crippen LogP contribution in [-0.4, -0.2) is 22.0 Å². The number of benzene rings is 1. The first-order valence-electron chi connectivity index (χ1n) is 4.67. The van der Waals surface area contributed by atoms with Gasteiger partial charge in [0.1, 0.15) is 0 Å². The summed E-state index contributed by atoms with van der Waals surface area (Å²) in [5.74, 6) is 0. The summed E-state index contributed by atoms with van der Waals surface area (Å²) in [6.07, 6.45) is 0. The van der Waals surface area contributed by atoms with E-state index >= 15 is 0 Å². The molecule has 0 aliphatic rings. The van der Waals surface area contributed by atoms with E-state index in [9.17, 15) is 8.42 Å². The Morgan fingerprint density at radius 1 is 1.50 bits per heavy atom. The Bertz CT molecular complexity index is 476. The second kappa shape index (κ2) is 5.03. The molecule has 0 atom stereocenters. The Hall–Kier alpha value is -0.790. The van der Waals surface area contributed by atoms with E-state index < -0.39 is 10.2 Å². The topological polar surface area (TPSA) is 75.4 Å². The number of nitrogens with two attached hydrogens (primary N) is 1. The molecular weight excluding hydrogens is 294 g/mol. The summed E-state index contributed by atoms with van der Waals surface area (Å²) in [7, 11) is -2.05. The molecule has 0 bridgehead atoms. The summed E-state index contributed by atoms with van der Waals surface area (Å²) >= 11 is 3.26. The van der Waals surface area contributed by atoms with Gasteiger partial charge in [-0.2, -0.15) is 13.1 Å². The minimum Gasteiger partial charge on any atom is -0.397 e. The van der Waals surface area contributed by atoms with Crippen LogP contribution < -0.4 is 14.8 Å². The number of nitrogens with zero attached hydrogens (tertiary/aromatic N) is 1. The molecule has 1 aromatic carbocycles. The van der Waals surface area contributed by atoms with Crippen LogP contribution in [0.1, 0.15) is 6.92 Å². The summed E-state index contributed by atoms with van der Waals surface area (Å²) in [5.41, 5.74) is 6.60. The van der Waals surface area contributed by atoms with Crippen molar-refractivity contribution in [2.24, 2.45) is 0 Å². The predicted molar refractivity (Wildman–Crippen MR) is 69.6 cm³/mol. The summed E-state index contributed by atoms with van der Waals surface area (Å²) in [6, 6.07) is 5.05. The third-order valence-electron chi connectivity index (χ3n) is 2.02. The van der Waals surface area contributed by atoms with Crippen molar-refractivity contribution < 1.29 is 8.42 Å². The largest absolute Gasteiger partial charge is 0.397 e. The minimum absolute atomic E-state index is 0.336. The molecule has 0 amide bonds. The van der Waals surface area contributed by atoms with Gasteiger partial charge in [0, 0.05) is 18.1 Å². The first-order valence-corrected chi connectivity index (χ1v) is 6.90. The van der Waals surface area contributed by atoms with Crippen LogP contribution in [0.3, 0.4) is 0 Å². The molecule has 0 aromatic heterocycles. The molecule has 90 valence electrons. The zero-order chi connectivity index (χ0) is 12.3. The molecule has 0 saturated carbocycles. The van der Waals surface area contributed by atoms with Gasteiger partial charge in [-0.15, -0.1) is 0 Å². The van der Waals surface area contributed by atoms with Gasteiger partial charge in [-0.05, 0) is 18.2 Å². The Labute approximate surface area is 104 Å². The Balaban J connectivity index is 3.10. The van der Waals surface area contributed by atoms with Crippen molar-refractivity contribution >= 4 is 37.5 Å². The number of halogens is 1. The van der Waals surface area contributed by atoms with E-state index in [0.29, 0.717) is 17.9 Å². The van der Waals surface area contributed by atoms with Crippen LogP contribution in [0.2, 0.25) is 0 Å². The molecule has 0 heterocycles. The van der Waals surface area contributed by atoms with Crippen LogP contribution in [-0.2, 0) is 10.2 Å². The molecule has 0 saturated heterocycles. The number of hydrogen-bond donors (Lipinski definition) is 2. The van der Waals surface area contributed by atoms with Crippen molar-refractivity contribution in [3.63, 3.8) is 0 Å². The lowest BCUT2D eigenvalue weighted by Gasteiger charge is -2.20. The quantitative estimate of drug-likeness (QED) is 0.824. The second-order valence-corrected chi connectivity index (χ2v) is 5.88. The maximum atomic E-state index is 11.7. The molecule has 1 rings (SSSR count). The monoisotopic (exact) mass is 307 g/mol. The standard InChI is InChI=1S/C9H14BrN3O2S/c1-3-12-16(14,15)13(2)9-5-4-7(10)6-8(9)11/h4-6,12H,3,11H2,1-2H3. The summed E-state index contributed by atoms with van der Waals surface area (Å²) < 4.78 is 27.8. The highest BCUT2D eigenvalue weighted by molar-refractivity contribution is 9.10. The molecular formula is C9H14BrN3O2S. The molecule has 16 heavy (non-hydrogen) atoms. The smallest absolute Gasteiger partial charge is 0.301 e. The van der Waals surface area contributed by atoms with Crippen molar-refractivity contribution in [1.82, 2.24) is 4.72 Å². The van der Waals surface area contributed by atoms with E-state index in [4.69, 9.17) is 5.73 Å². The molecule has 0 aliphatic heterocycles. The number of nitrogen functional groups attached to an aromatic ring is 1. The predicted octanol–water partition coefficient (Wildman–Crippen LogP) is 1.32. The van der Waals surface area contributed by atoms with Gasteiger partial charge >= 0.3 is 10.2 Å². The lowest BCUT2D eigenvalue weighted by Crippen LogP contribution is -2.38. The molecule has 0 spiro atoms. The maximum Gasteiger partial charge on any atom is 0.301 e. The maximum absolute atomic E-state index is 11.7. The molecule has 0 radical (unpaired) electrons. The third-order valence-corrected chi connectivity index (χ3v) is 4.08. The van der Waals surface area contributed by atoms with Crippen LogP contribution >= 0.6 is 15.9 Å². The fourth-order valence-corrected chi connectivity index (χ4v) is 2.58. The van der Waals surface area contributed by atoms with Crippen LogP contribution in [0.25, 0.3) is 0 Å². The van der Waals surface area contributed by atoms with Gasteiger partial charge in [0.2, 0.25) is 0 Å². The molecule has 5 nitrogen and oxygen atoms in total. The Kier molecular flexibility index (Phi) is 4.17. The van der Waals surface area contributed by atoms with Gasteiger partial charge in [0.25, 0.3) is 0 Å². The second-order valence-electron chi connectivity index (χ2n) is 3.17. The lowest BCUT2D eigenvalue weighted by molar-refractivity contribution is 0.582. The molecule has 7 heteroatoms. The van der Waals surface area contributed by atoms with E-state index in [1.54, 1.807) is 25.1 Å². The van der Waals surface area contributed by atoms with Crippen molar-refractivity contribution in [2.45, 2.75) is 6.92 Å². The molecule has 3 N–H and O–H groups in total. The molecule has 1 aromatic rings. The van der Waals surface area contributed by atoms with Gasteiger partial charge in [-0.25, -0.2) is 0 Å². The molecule has 0 aliphatic carbocycles. The number of nitrogens with one attached hydrogen (secondary N) is 1. The van der Waals surface area contributed by atoms with Gasteiger partial charge in [-0.3, -0.25) is 4.31 Å². The van der Waals surface area contributed by atoms with Gasteiger partial charge in [-0.1, -0.05) is 22.9 Å². The number of hydrogen-bond acceptors (Lipinski definition) is 3. The van der Waals surface area contributed by atoms with E-state index in [0.717, 1.165) is 8.78 Å². The fourth-order valence-electron chi connectivity index (χ4n) is 1.22. The molecule has 0 fully saturated rings. The SMILES string of the molecule is CCNS(=O)(=O)N(C)c1ccc(Br)cc1N.